The molecule has 1 aliphatic rings. The predicted molar refractivity (Wildman–Crippen MR) is 97.8 cm³/mol. The highest BCUT2D eigenvalue weighted by atomic mass is 16.6. The summed E-state index contributed by atoms with van der Waals surface area (Å²) in [5, 5.41) is 3.22. The zero-order valence-corrected chi connectivity index (χ0v) is 15.6. The number of carbonyl (C=O) groups is 2. The molecule has 0 atom stereocenters. The second kappa shape index (κ2) is 9.74. The molecule has 0 spiro atoms. The molecule has 2 amide bonds. The fourth-order valence-electron chi connectivity index (χ4n) is 2.77. The maximum Gasteiger partial charge on any atom is 0.409 e. The van der Waals surface area contributed by atoms with E-state index in [2.05, 4.69) is 5.32 Å². The van der Waals surface area contributed by atoms with E-state index in [1.165, 1.54) is 0 Å². The predicted octanol–water partition coefficient (Wildman–Crippen LogP) is 1.81. The maximum absolute atomic E-state index is 12.4. The van der Waals surface area contributed by atoms with Crippen LogP contribution < -0.4 is 14.8 Å². The van der Waals surface area contributed by atoms with Crippen LogP contribution in [0.3, 0.4) is 0 Å². The van der Waals surface area contributed by atoms with E-state index in [-0.39, 0.29) is 12.0 Å². The molecular formula is C18H27N3O5. The zero-order chi connectivity index (χ0) is 18.9. The van der Waals surface area contributed by atoms with E-state index in [0.29, 0.717) is 51.5 Å². The molecule has 0 aromatic heterocycles. The second-order valence-electron chi connectivity index (χ2n) is 5.81. The molecule has 0 bridgehead atoms. The van der Waals surface area contributed by atoms with Gasteiger partial charge >= 0.3 is 6.09 Å². The van der Waals surface area contributed by atoms with Crippen LogP contribution >= 0.6 is 0 Å². The van der Waals surface area contributed by atoms with Gasteiger partial charge in [0.25, 0.3) is 0 Å². The number of ether oxygens (including phenoxy) is 3. The average Bonchev–Trinajstić information content (AvgIpc) is 2.68. The first-order valence-electron chi connectivity index (χ1n) is 8.74. The second-order valence-corrected chi connectivity index (χ2v) is 5.81. The number of hydrogen-bond acceptors (Lipinski definition) is 6. The van der Waals surface area contributed by atoms with E-state index >= 15 is 0 Å². The van der Waals surface area contributed by atoms with Crippen molar-refractivity contribution in [2.75, 3.05) is 58.9 Å². The summed E-state index contributed by atoms with van der Waals surface area (Å²) in [7, 11) is 3.20. The fourth-order valence-corrected chi connectivity index (χ4v) is 2.77. The minimum atomic E-state index is -0.314. The molecule has 8 nitrogen and oxygen atoms in total. The first-order chi connectivity index (χ1) is 12.6. The van der Waals surface area contributed by atoms with Gasteiger partial charge in [0.15, 0.2) is 0 Å². The lowest BCUT2D eigenvalue weighted by Gasteiger charge is -2.34. The molecule has 1 aromatic rings. The van der Waals surface area contributed by atoms with Crippen molar-refractivity contribution in [3.63, 3.8) is 0 Å². The third kappa shape index (κ3) is 5.18. The van der Waals surface area contributed by atoms with Crippen molar-refractivity contribution in [1.29, 1.82) is 0 Å². The molecule has 8 heteroatoms. The van der Waals surface area contributed by atoms with Crippen LogP contribution in [-0.2, 0) is 9.53 Å². The number of amides is 2. The molecule has 0 aliphatic carbocycles. The van der Waals surface area contributed by atoms with Crippen molar-refractivity contribution in [2.45, 2.75) is 13.3 Å². The Kier molecular flexibility index (Phi) is 7.37. The zero-order valence-electron chi connectivity index (χ0n) is 15.6. The highest BCUT2D eigenvalue weighted by Crippen LogP contribution is 2.28. The van der Waals surface area contributed by atoms with E-state index in [9.17, 15) is 9.59 Å². The molecule has 2 rings (SSSR count). The smallest absolute Gasteiger partial charge is 0.409 e. The van der Waals surface area contributed by atoms with Crippen LogP contribution in [0.4, 0.5) is 10.5 Å². The van der Waals surface area contributed by atoms with E-state index < -0.39 is 0 Å². The normalized spacial score (nSPS) is 14.0. The van der Waals surface area contributed by atoms with Crippen molar-refractivity contribution >= 4 is 17.7 Å². The molecular weight excluding hydrogens is 338 g/mol. The van der Waals surface area contributed by atoms with Gasteiger partial charge in [0.2, 0.25) is 5.91 Å². The van der Waals surface area contributed by atoms with Crippen molar-refractivity contribution in [3.8, 4) is 11.5 Å². The van der Waals surface area contributed by atoms with Gasteiger partial charge in [0, 0.05) is 45.2 Å². The standard InChI is InChI=1S/C18H27N3O5/c1-4-26-18(23)21-11-9-20(10-12-21)17(22)7-8-19-15-13-14(24-2)5-6-16(15)25-3/h5-6,13,19H,4,7-12H2,1-3H3. The molecule has 1 aromatic carbocycles. The Labute approximate surface area is 154 Å². The molecule has 1 fully saturated rings. The number of hydrogen-bond donors (Lipinski definition) is 1. The number of benzene rings is 1. The summed E-state index contributed by atoms with van der Waals surface area (Å²) in [5.74, 6) is 1.47. The molecule has 1 saturated heterocycles. The number of anilines is 1. The summed E-state index contributed by atoms with van der Waals surface area (Å²) in [5.41, 5.74) is 0.784. The number of methoxy groups -OCH3 is 2. The van der Waals surface area contributed by atoms with Gasteiger partial charge in [-0.15, -0.1) is 0 Å². The third-order valence-corrected chi connectivity index (χ3v) is 4.22. The Balaban J connectivity index is 1.78. The van der Waals surface area contributed by atoms with Gasteiger partial charge in [-0.05, 0) is 19.1 Å². The molecule has 0 radical (unpaired) electrons. The average molecular weight is 365 g/mol. The van der Waals surface area contributed by atoms with E-state index in [1.807, 2.05) is 18.2 Å². The van der Waals surface area contributed by atoms with Gasteiger partial charge in [0.1, 0.15) is 11.5 Å². The van der Waals surface area contributed by atoms with Crippen molar-refractivity contribution in [3.05, 3.63) is 18.2 Å². The van der Waals surface area contributed by atoms with Crippen LogP contribution in [0.1, 0.15) is 13.3 Å². The monoisotopic (exact) mass is 365 g/mol. The van der Waals surface area contributed by atoms with Crippen LogP contribution in [0, 0.1) is 0 Å². The lowest BCUT2D eigenvalue weighted by atomic mass is 10.2. The van der Waals surface area contributed by atoms with Crippen LogP contribution in [0.2, 0.25) is 0 Å². The van der Waals surface area contributed by atoms with E-state index in [0.717, 1.165) is 11.4 Å². The summed E-state index contributed by atoms with van der Waals surface area (Å²) >= 11 is 0. The van der Waals surface area contributed by atoms with Gasteiger partial charge in [0.05, 0.1) is 26.5 Å². The van der Waals surface area contributed by atoms with E-state index in [1.54, 1.807) is 30.9 Å². The number of piperazine rings is 1. The summed E-state index contributed by atoms with van der Waals surface area (Å²) in [6.07, 6.45) is 0.0474. The summed E-state index contributed by atoms with van der Waals surface area (Å²) in [6, 6.07) is 5.47. The Hall–Kier alpha value is -2.64. The Morgan fingerprint density at radius 1 is 1.08 bits per heavy atom. The number of rotatable bonds is 7. The summed E-state index contributed by atoms with van der Waals surface area (Å²) in [4.78, 5) is 27.5. The van der Waals surface area contributed by atoms with Gasteiger partial charge in [-0.2, -0.15) is 0 Å². The van der Waals surface area contributed by atoms with Gasteiger partial charge in [-0.3, -0.25) is 4.79 Å². The first kappa shape index (κ1) is 19.7. The van der Waals surface area contributed by atoms with Gasteiger partial charge in [-0.25, -0.2) is 4.79 Å². The maximum atomic E-state index is 12.4. The third-order valence-electron chi connectivity index (χ3n) is 4.22. The van der Waals surface area contributed by atoms with Crippen LogP contribution in [-0.4, -0.2) is 75.4 Å². The van der Waals surface area contributed by atoms with Crippen molar-refractivity contribution in [2.24, 2.45) is 0 Å². The van der Waals surface area contributed by atoms with Gasteiger partial charge < -0.3 is 29.3 Å². The highest BCUT2D eigenvalue weighted by Gasteiger charge is 2.24. The molecule has 26 heavy (non-hydrogen) atoms. The van der Waals surface area contributed by atoms with Crippen molar-refractivity contribution in [1.82, 2.24) is 9.80 Å². The first-order valence-corrected chi connectivity index (χ1v) is 8.74. The molecule has 1 heterocycles. The van der Waals surface area contributed by atoms with Gasteiger partial charge in [-0.1, -0.05) is 0 Å². The summed E-state index contributed by atoms with van der Waals surface area (Å²) in [6.45, 7) is 4.68. The van der Waals surface area contributed by atoms with Crippen LogP contribution in [0.25, 0.3) is 0 Å². The largest absolute Gasteiger partial charge is 0.497 e. The molecule has 1 N–H and O–H groups in total. The SMILES string of the molecule is CCOC(=O)N1CCN(C(=O)CCNc2cc(OC)ccc2OC)CC1. The lowest BCUT2D eigenvalue weighted by molar-refractivity contribution is -0.132. The quantitative estimate of drug-likeness (QED) is 0.794. The summed E-state index contributed by atoms with van der Waals surface area (Å²) < 4.78 is 15.5. The highest BCUT2D eigenvalue weighted by molar-refractivity contribution is 5.77. The molecule has 0 unspecified atom stereocenters. The number of carbonyl (C=O) groups excluding carboxylic acids is 2. The van der Waals surface area contributed by atoms with E-state index in [4.69, 9.17) is 14.2 Å². The topological polar surface area (TPSA) is 80.3 Å². The Morgan fingerprint density at radius 3 is 2.38 bits per heavy atom. The Morgan fingerprint density at radius 2 is 1.77 bits per heavy atom. The van der Waals surface area contributed by atoms with Crippen LogP contribution in [0.5, 0.6) is 11.5 Å². The molecule has 1 aliphatic heterocycles. The number of nitrogens with zero attached hydrogens (tertiary/aromatic N) is 2. The minimum absolute atomic E-state index is 0.0582. The number of nitrogens with one attached hydrogen (secondary N) is 1. The lowest BCUT2D eigenvalue weighted by Crippen LogP contribution is -2.50. The minimum Gasteiger partial charge on any atom is -0.497 e. The molecule has 144 valence electrons. The van der Waals surface area contributed by atoms with Crippen LogP contribution in [0.15, 0.2) is 18.2 Å². The Bertz CT molecular complexity index is 615. The van der Waals surface area contributed by atoms with Crippen molar-refractivity contribution < 1.29 is 23.8 Å². The molecule has 0 saturated carbocycles. The fraction of sp³-hybridized carbons (Fsp3) is 0.556.